The van der Waals surface area contributed by atoms with Crippen LogP contribution in [0.3, 0.4) is 0 Å². The van der Waals surface area contributed by atoms with E-state index in [0.29, 0.717) is 6.04 Å². The summed E-state index contributed by atoms with van der Waals surface area (Å²) in [5.74, 6) is 0. The van der Waals surface area contributed by atoms with Crippen molar-refractivity contribution < 1.29 is 0 Å². The lowest BCUT2D eigenvalue weighted by atomic mass is 9.97. The number of aryl methyl sites for hydroxylation is 4. The summed E-state index contributed by atoms with van der Waals surface area (Å²) in [5.41, 5.74) is 6.68. The summed E-state index contributed by atoms with van der Waals surface area (Å²) in [6, 6.07) is 4.99. The Balaban J connectivity index is 2.06. The van der Waals surface area contributed by atoms with E-state index in [1.165, 1.54) is 57.1 Å². The minimum atomic E-state index is 0.454. The SMILES string of the molecule is CCNC1CCCc2sc(-c3c(C)cc(C)cc3C)nc21. The highest BCUT2D eigenvalue weighted by Crippen LogP contribution is 2.39. The summed E-state index contributed by atoms with van der Waals surface area (Å²) >= 11 is 1.90. The minimum absolute atomic E-state index is 0.454. The minimum Gasteiger partial charge on any atom is -0.309 e. The van der Waals surface area contributed by atoms with Crippen LogP contribution in [0.15, 0.2) is 12.1 Å². The Kier molecular flexibility index (Phi) is 4.14. The first-order valence-corrected chi connectivity index (χ1v) is 8.73. The summed E-state index contributed by atoms with van der Waals surface area (Å²) < 4.78 is 0. The van der Waals surface area contributed by atoms with Crippen LogP contribution in [0.2, 0.25) is 0 Å². The van der Waals surface area contributed by atoms with Gasteiger partial charge in [-0.05, 0) is 57.7 Å². The van der Waals surface area contributed by atoms with Gasteiger partial charge in [0.2, 0.25) is 0 Å². The van der Waals surface area contributed by atoms with E-state index in [1.54, 1.807) is 0 Å². The molecule has 0 spiro atoms. The van der Waals surface area contributed by atoms with Gasteiger partial charge in [-0.25, -0.2) is 4.98 Å². The average Bonchev–Trinajstić information content (AvgIpc) is 2.82. The van der Waals surface area contributed by atoms with E-state index in [1.807, 2.05) is 11.3 Å². The van der Waals surface area contributed by atoms with Gasteiger partial charge in [0.25, 0.3) is 0 Å². The number of hydrogen-bond acceptors (Lipinski definition) is 3. The Morgan fingerprint density at radius 2 is 1.95 bits per heavy atom. The summed E-state index contributed by atoms with van der Waals surface area (Å²) in [5, 5.41) is 4.80. The van der Waals surface area contributed by atoms with Crippen molar-refractivity contribution >= 4 is 11.3 Å². The van der Waals surface area contributed by atoms with E-state index in [-0.39, 0.29) is 0 Å². The Labute approximate surface area is 131 Å². The highest BCUT2D eigenvalue weighted by atomic mass is 32.1. The normalized spacial score (nSPS) is 17.8. The lowest BCUT2D eigenvalue weighted by Gasteiger charge is -2.21. The van der Waals surface area contributed by atoms with Gasteiger partial charge in [0, 0.05) is 10.4 Å². The predicted octanol–water partition coefficient (Wildman–Crippen LogP) is 4.72. The van der Waals surface area contributed by atoms with Crippen LogP contribution in [-0.4, -0.2) is 11.5 Å². The third-order valence-corrected chi connectivity index (χ3v) is 5.44. The van der Waals surface area contributed by atoms with E-state index < -0.39 is 0 Å². The first-order chi connectivity index (χ1) is 10.1. The third-order valence-electron chi connectivity index (χ3n) is 4.30. The van der Waals surface area contributed by atoms with Crippen molar-refractivity contribution in [3.8, 4) is 10.6 Å². The fourth-order valence-electron chi connectivity index (χ4n) is 3.49. The highest BCUT2D eigenvalue weighted by Gasteiger charge is 2.25. The first-order valence-electron chi connectivity index (χ1n) is 7.91. The van der Waals surface area contributed by atoms with E-state index in [4.69, 9.17) is 4.98 Å². The number of fused-ring (bicyclic) bond motifs is 1. The van der Waals surface area contributed by atoms with Crippen LogP contribution in [0.25, 0.3) is 10.6 Å². The molecule has 0 bridgehead atoms. The number of thiazole rings is 1. The Morgan fingerprint density at radius 3 is 2.62 bits per heavy atom. The molecule has 1 aliphatic carbocycles. The summed E-state index contributed by atoms with van der Waals surface area (Å²) in [6.07, 6.45) is 3.69. The van der Waals surface area contributed by atoms with Crippen molar-refractivity contribution in [2.24, 2.45) is 0 Å². The summed E-state index contributed by atoms with van der Waals surface area (Å²) in [4.78, 5) is 6.52. The molecule has 112 valence electrons. The molecule has 21 heavy (non-hydrogen) atoms. The standard InChI is InChI=1S/C18H24N2S/c1-5-19-14-7-6-8-15-17(14)20-18(21-15)16-12(3)9-11(2)10-13(16)4/h9-10,14,19H,5-8H2,1-4H3. The second-order valence-corrected chi connectivity index (χ2v) is 7.19. The smallest absolute Gasteiger partial charge is 0.124 e. The van der Waals surface area contributed by atoms with Gasteiger partial charge in [0.1, 0.15) is 5.01 Å². The quantitative estimate of drug-likeness (QED) is 0.887. The molecule has 0 amide bonds. The molecule has 2 nitrogen and oxygen atoms in total. The zero-order valence-corrected chi connectivity index (χ0v) is 14.2. The van der Waals surface area contributed by atoms with Gasteiger partial charge in [-0.15, -0.1) is 11.3 Å². The number of rotatable bonds is 3. The van der Waals surface area contributed by atoms with Crippen molar-refractivity contribution in [2.75, 3.05) is 6.54 Å². The van der Waals surface area contributed by atoms with Crippen LogP contribution in [0.4, 0.5) is 0 Å². The molecule has 3 rings (SSSR count). The lowest BCUT2D eigenvalue weighted by Crippen LogP contribution is -2.24. The van der Waals surface area contributed by atoms with Gasteiger partial charge < -0.3 is 5.32 Å². The van der Waals surface area contributed by atoms with Gasteiger partial charge in [-0.3, -0.25) is 0 Å². The topological polar surface area (TPSA) is 24.9 Å². The van der Waals surface area contributed by atoms with Gasteiger partial charge >= 0.3 is 0 Å². The van der Waals surface area contributed by atoms with Crippen molar-refractivity contribution in [1.82, 2.24) is 10.3 Å². The van der Waals surface area contributed by atoms with Crippen LogP contribution in [0.5, 0.6) is 0 Å². The Morgan fingerprint density at radius 1 is 1.24 bits per heavy atom. The van der Waals surface area contributed by atoms with Crippen molar-refractivity contribution in [1.29, 1.82) is 0 Å². The van der Waals surface area contributed by atoms with Crippen molar-refractivity contribution in [3.05, 3.63) is 39.4 Å². The monoisotopic (exact) mass is 300 g/mol. The fourth-order valence-corrected chi connectivity index (χ4v) is 4.83. The zero-order chi connectivity index (χ0) is 15.0. The lowest BCUT2D eigenvalue weighted by molar-refractivity contribution is 0.465. The first kappa shape index (κ1) is 14.7. The maximum absolute atomic E-state index is 5.03. The molecular formula is C18H24N2S. The highest BCUT2D eigenvalue weighted by molar-refractivity contribution is 7.15. The largest absolute Gasteiger partial charge is 0.309 e. The van der Waals surface area contributed by atoms with Crippen LogP contribution < -0.4 is 5.32 Å². The zero-order valence-electron chi connectivity index (χ0n) is 13.4. The molecule has 1 atom stereocenters. The van der Waals surface area contributed by atoms with Gasteiger partial charge in [0.15, 0.2) is 0 Å². The average molecular weight is 300 g/mol. The number of aromatic nitrogens is 1. The molecule has 0 saturated carbocycles. The number of nitrogens with one attached hydrogen (secondary N) is 1. The maximum Gasteiger partial charge on any atom is 0.124 e. The number of nitrogens with zero attached hydrogens (tertiary/aromatic N) is 1. The molecule has 1 aromatic carbocycles. The molecular weight excluding hydrogens is 276 g/mol. The van der Waals surface area contributed by atoms with Crippen LogP contribution in [-0.2, 0) is 6.42 Å². The predicted molar refractivity (Wildman–Crippen MR) is 91.1 cm³/mol. The Bertz CT molecular complexity index is 634. The number of benzene rings is 1. The molecule has 1 aliphatic rings. The molecule has 1 unspecified atom stereocenters. The molecule has 3 heteroatoms. The molecule has 0 saturated heterocycles. The van der Waals surface area contributed by atoms with Crippen LogP contribution in [0, 0.1) is 20.8 Å². The summed E-state index contributed by atoms with van der Waals surface area (Å²) in [7, 11) is 0. The summed E-state index contributed by atoms with van der Waals surface area (Å²) in [6.45, 7) is 9.77. The molecule has 1 N–H and O–H groups in total. The van der Waals surface area contributed by atoms with Gasteiger partial charge in [0.05, 0.1) is 11.7 Å². The Hall–Kier alpha value is -1.19. The molecule has 0 aliphatic heterocycles. The maximum atomic E-state index is 5.03. The van der Waals surface area contributed by atoms with Crippen LogP contribution in [0.1, 0.15) is 53.1 Å². The number of hydrogen-bond donors (Lipinski definition) is 1. The molecule has 0 radical (unpaired) electrons. The van der Waals surface area contributed by atoms with Gasteiger partial charge in [-0.1, -0.05) is 24.6 Å². The molecule has 0 fully saturated rings. The second-order valence-electron chi connectivity index (χ2n) is 6.10. The fraction of sp³-hybridized carbons (Fsp3) is 0.500. The van der Waals surface area contributed by atoms with Crippen molar-refractivity contribution in [3.63, 3.8) is 0 Å². The van der Waals surface area contributed by atoms with Crippen molar-refractivity contribution in [2.45, 2.75) is 53.0 Å². The van der Waals surface area contributed by atoms with E-state index in [9.17, 15) is 0 Å². The third kappa shape index (κ3) is 2.77. The molecule has 2 aromatic rings. The van der Waals surface area contributed by atoms with E-state index >= 15 is 0 Å². The van der Waals surface area contributed by atoms with Crippen LogP contribution >= 0.6 is 11.3 Å². The second kappa shape index (κ2) is 5.90. The molecule has 1 heterocycles. The molecule has 1 aromatic heterocycles. The van der Waals surface area contributed by atoms with E-state index in [0.717, 1.165) is 6.54 Å². The van der Waals surface area contributed by atoms with Gasteiger partial charge in [-0.2, -0.15) is 0 Å². The van der Waals surface area contributed by atoms with E-state index in [2.05, 4.69) is 45.1 Å².